The number of ketones is 1. The van der Waals surface area contributed by atoms with Gasteiger partial charge < -0.3 is 24.7 Å². The smallest absolute Gasteiger partial charge is 0.223 e. The quantitative estimate of drug-likeness (QED) is 0.373. The van der Waals surface area contributed by atoms with Crippen molar-refractivity contribution in [3.05, 3.63) is 47.4 Å². The van der Waals surface area contributed by atoms with Crippen molar-refractivity contribution in [2.24, 2.45) is 0 Å². The SMILES string of the molecule is C/C=C/C(=O)CCC(=O)N1CCC(O)(CCc2cc3nc(-c4cccc(O)c4)nc(N4CCOCC4)c3s2)CC1. The van der Waals surface area contributed by atoms with Crippen molar-refractivity contribution in [3.8, 4) is 17.1 Å². The van der Waals surface area contributed by atoms with Crippen LogP contribution in [0.25, 0.3) is 21.6 Å². The second-order valence-corrected chi connectivity index (χ2v) is 11.7. The summed E-state index contributed by atoms with van der Waals surface area (Å²) in [6.07, 6.45) is 5.96. The minimum Gasteiger partial charge on any atom is -0.508 e. The molecule has 40 heavy (non-hydrogen) atoms. The lowest BCUT2D eigenvalue weighted by molar-refractivity contribution is -0.136. The Morgan fingerprint density at radius 2 is 1.88 bits per heavy atom. The zero-order valence-corrected chi connectivity index (χ0v) is 23.7. The number of aromatic hydroxyl groups is 1. The van der Waals surface area contributed by atoms with Crippen molar-refractivity contribution in [3.63, 3.8) is 0 Å². The van der Waals surface area contributed by atoms with Gasteiger partial charge in [-0.15, -0.1) is 11.3 Å². The van der Waals surface area contributed by atoms with Gasteiger partial charge in [-0.1, -0.05) is 18.2 Å². The van der Waals surface area contributed by atoms with Gasteiger partial charge in [-0.25, -0.2) is 9.97 Å². The van der Waals surface area contributed by atoms with E-state index in [1.54, 1.807) is 47.4 Å². The number of aromatic nitrogens is 2. The van der Waals surface area contributed by atoms with E-state index in [1.165, 1.54) is 6.08 Å². The van der Waals surface area contributed by atoms with E-state index in [2.05, 4.69) is 11.0 Å². The number of piperidine rings is 1. The highest BCUT2D eigenvalue weighted by Gasteiger charge is 2.34. The molecule has 9 nitrogen and oxygen atoms in total. The molecule has 2 aliphatic rings. The number of hydrogen-bond acceptors (Lipinski definition) is 9. The number of allylic oxidation sites excluding steroid dienone is 2. The van der Waals surface area contributed by atoms with Gasteiger partial charge in [0.05, 0.1) is 29.0 Å². The van der Waals surface area contributed by atoms with E-state index >= 15 is 0 Å². The number of benzene rings is 1. The van der Waals surface area contributed by atoms with E-state index in [1.807, 2.05) is 6.07 Å². The van der Waals surface area contributed by atoms with Crippen LogP contribution in [0.5, 0.6) is 5.75 Å². The lowest BCUT2D eigenvalue weighted by Gasteiger charge is -2.38. The number of nitrogens with zero attached hydrogens (tertiary/aromatic N) is 4. The Hall–Kier alpha value is -3.34. The normalized spacial score (nSPS) is 17.6. The van der Waals surface area contributed by atoms with Gasteiger partial charge in [-0.05, 0) is 56.9 Å². The van der Waals surface area contributed by atoms with E-state index in [-0.39, 0.29) is 30.3 Å². The minimum atomic E-state index is -0.834. The third kappa shape index (κ3) is 6.68. The number of carbonyl (C=O) groups is 2. The molecular formula is C30H36N4O5S. The number of ether oxygens (including phenoxy) is 1. The first-order chi connectivity index (χ1) is 19.3. The molecule has 5 rings (SSSR count). The number of amides is 1. The molecule has 1 amide bonds. The topological polar surface area (TPSA) is 116 Å². The van der Waals surface area contributed by atoms with Crippen molar-refractivity contribution < 1.29 is 24.5 Å². The van der Waals surface area contributed by atoms with Crippen molar-refractivity contribution >= 4 is 39.1 Å². The molecule has 2 aliphatic heterocycles. The molecule has 1 aromatic carbocycles. The molecule has 0 aliphatic carbocycles. The summed E-state index contributed by atoms with van der Waals surface area (Å²) in [6.45, 7) is 5.57. The number of hydrogen-bond donors (Lipinski definition) is 2. The van der Waals surface area contributed by atoms with Crippen LogP contribution in [0.15, 0.2) is 42.5 Å². The van der Waals surface area contributed by atoms with Crippen LogP contribution >= 0.6 is 11.3 Å². The molecule has 2 aromatic heterocycles. The zero-order valence-electron chi connectivity index (χ0n) is 22.8. The van der Waals surface area contributed by atoms with E-state index < -0.39 is 5.60 Å². The third-order valence-corrected chi connectivity index (χ3v) is 8.82. The van der Waals surface area contributed by atoms with Crippen molar-refractivity contribution in [1.29, 1.82) is 0 Å². The van der Waals surface area contributed by atoms with Crippen LogP contribution in [0.3, 0.4) is 0 Å². The average Bonchev–Trinajstić information content (AvgIpc) is 3.39. The fourth-order valence-electron chi connectivity index (χ4n) is 5.29. The molecule has 2 N–H and O–H groups in total. The molecule has 212 valence electrons. The third-order valence-electron chi connectivity index (χ3n) is 7.64. The number of aliphatic hydroxyl groups is 1. The molecule has 0 unspecified atom stereocenters. The van der Waals surface area contributed by atoms with Crippen molar-refractivity contribution in [2.45, 2.75) is 51.0 Å². The molecule has 0 saturated carbocycles. The van der Waals surface area contributed by atoms with Gasteiger partial charge in [0.15, 0.2) is 17.4 Å². The predicted octanol–water partition coefficient (Wildman–Crippen LogP) is 4.11. The number of carbonyl (C=O) groups excluding carboxylic acids is 2. The Morgan fingerprint density at radius 1 is 1.10 bits per heavy atom. The van der Waals surface area contributed by atoms with Crippen molar-refractivity contribution in [1.82, 2.24) is 14.9 Å². The molecule has 2 saturated heterocycles. The zero-order chi connectivity index (χ0) is 28.1. The second-order valence-electron chi connectivity index (χ2n) is 10.5. The maximum Gasteiger partial charge on any atom is 0.223 e. The fourth-order valence-corrected chi connectivity index (χ4v) is 6.40. The number of rotatable bonds is 9. The summed E-state index contributed by atoms with van der Waals surface area (Å²) >= 11 is 1.66. The second kappa shape index (κ2) is 12.4. The molecule has 0 radical (unpaired) electrons. The Morgan fingerprint density at radius 3 is 2.60 bits per heavy atom. The molecule has 10 heteroatoms. The Balaban J connectivity index is 1.28. The lowest BCUT2D eigenvalue weighted by atomic mass is 9.86. The van der Waals surface area contributed by atoms with E-state index in [0.717, 1.165) is 39.6 Å². The first kappa shape index (κ1) is 28.2. The summed E-state index contributed by atoms with van der Waals surface area (Å²) in [7, 11) is 0. The Kier molecular flexibility index (Phi) is 8.78. The van der Waals surface area contributed by atoms with Crippen LogP contribution in [0, 0.1) is 0 Å². The van der Waals surface area contributed by atoms with E-state index in [0.29, 0.717) is 57.8 Å². The maximum absolute atomic E-state index is 12.5. The monoisotopic (exact) mass is 564 g/mol. The number of phenolic OH excluding ortho intramolecular Hbond substituents is 1. The highest BCUT2D eigenvalue weighted by molar-refractivity contribution is 7.19. The van der Waals surface area contributed by atoms with Crippen LogP contribution in [0.4, 0.5) is 5.82 Å². The fraction of sp³-hybridized carbons (Fsp3) is 0.467. The number of phenols is 1. The standard InChI is InChI=1S/C30H36N4O5S/c1-2-4-22(35)7-8-26(37)33-13-11-30(38,12-14-33)10-9-24-20-25-27(40-24)29(34-15-17-39-18-16-34)32-28(31-25)21-5-3-6-23(36)19-21/h2-6,19-20,36,38H,7-18H2,1H3/b4-2+. The first-order valence-electron chi connectivity index (χ1n) is 13.9. The van der Waals surface area contributed by atoms with Gasteiger partial charge in [0.25, 0.3) is 0 Å². The summed E-state index contributed by atoms with van der Waals surface area (Å²) < 4.78 is 6.57. The maximum atomic E-state index is 12.5. The van der Waals surface area contributed by atoms with Crippen LogP contribution in [-0.4, -0.2) is 81.8 Å². The first-order valence-corrected chi connectivity index (χ1v) is 14.7. The number of aryl methyl sites for hydroxylation is 1. The summed E-state index contributed by atoms with van der Waals surface area (Å²) in [6, 6.07) is 9.06. The van der Waals surface area contributed by atoms with Gasteiger partial charge in [0.2, 0.25) is 5.91 Å². The Bertz CT molecular complexity index is 1390. The van der Waals surface area contributed by atoms with E-state index in [4.69, 9.17) is 14.7 Å². The number of morpholine rings is 1. The molecule has 3 aromatic rings. The number of anilines is 1. The summed E-state index contributed by atoms with van der Waals surface area (Å²) in [4.78, 5) is 39.1. The number of fused-ring (bicyclic) bond motifs is 1. The predicted molar refractivity (Wildman–Crippen MR) is 156 cm³/mol. The summed E-state index contributed by atoms with van der Waals surface area (Å²) in [5.74, 6) is 1.55. The van der Waals surface area contributed by atoms with Gasteiger partial charge >= 0.3 is 0 Å². The molecule has 0 bridgehead atoms. The Labute approximate surface area is 238 Å². The van der Waals surface area contributed by atoms with E-state index in [9.17, 15) is 19.8 Å². The number of likely N-dealkylation sites (tertiary alicyclic amines) is 1. The van der Waals surface area contributed by atoms with Crippen LogP contribution < -0.4 is 4.90 Å². The molecule has 0 spiro atoms. The molecule has 0 atom stereocenters. The van der Waals surface area contributed by atoms with Crippen molar-refractivity contribution in [2.75, 3.05) is 44.3 Å². The van der Waals surface area contributed by atoms with Gasteiger partial charge in [-0.3, -0.25) is 9.59 Å². The summed E-state index contributed by atoms with van der Waals surface area (Å²) in [5.41, 5.74) is 0.778. The van der Waals surface area contributed by atoms with Gasteiger partial charge in [0.1, 0.15) is 5.75 Å². The minimum absolute atomic E-state index is 0.0267. The van der Waals surface area contributed by atoms with Crippen LogP contribution in [0.1, 0.15) is 43.9 Å². The average molecular weight is 565 g/mol. The van der Waals surface area contributed by atoms with Crippen LogP contribution in [-0.2, 0) is 20.7 Å². The lowest BCUT2D eigenvalue weighted by Crippen LogP contribution is -2.46. The van der Waals surface area contributed by atoms with Crippen LogP contribution in [0.2, 0.25) is 0 Å². The largest absolute Gasteiger partial charge is 0.508 e. The highest BCUT2D eigenvalue weighted by Crippen LogP contribution is 2.37. The number of thiophene rings is 1. The summed E-state index contributed by atoms with van der Waals surface area (Å²) in [5, 5.41) is 21.3. The molecule has 4 heterocycles. The molecule has 2 fully saturated rings. The molecular weight excluding hydrogens is 528 g/mol. The van der Waals surface area contributed by atoms with Gasteiger partial charge in [-0.2, -0.15) is 0 Å². The highest BCUT2D eigenvalue weighted by atomic mass is 32.1. The van der Waals surface area contributed by atoms with Gasteiger partial charge in [0, 0.05) is 49.5 Å².